The summed E-state index contributed by atoms with van der Waals surface area (Å²) in [5, 5.41) is 4.53. The van der Waals surface area contributed by atoms with Gasteiger partial charge in [-0.25, -0.2) is 0 Å². The Bertz CT molecular complexity index is 823. The van der Waals surface area contributed by atoms with E-state index < -0.39 is 0 Å². The quantitative estimate of drug-likeness (QED) is 0.596. The van der Waals surface area contributed by atoms with Crippen molar-refractivity contribution >= 4 is 16.7 Å². The fourth-order valence-electron chi connectivity index (χ4n) is 2.69. The Morgan fingerprint density at radius 1 is 0.958 bits per heavy atom. The first-order chi connectivity index (χ1) is 11.7. The Labute approximate surface area is 142 Å². The molecule has 0 saturated heterocycles. The van der Waals surface area contributed by atoms with Gasteiger partial charge in [-0.3, -0.25) is 0 Å². The number of furan rings is 1. The molecule has 4 nitrogen and oxygen atoms in total. The van der Waals surface area contributed by atoms with Crippen molar-refractivity contribution in [3.63, 3.8) is 0 Å². The van der Waals surface area contributed by atoms with Crippen molar-refractivity contribution in [3.8, 4) is 22.8 Å². The molecule has 0 radical (unpaired) electrons. The minimum Gasteiger partial charge on any atom is -0.493 e. The summed E-state index contributed by atoms with van der Waals surface area (Å²) in [6, 6.07) is 14.0. The van der Waals surface area contributed by atoms with Gasteiger partial charge in [-0.15, -0.1) is 0 Å². The van der Waals surface area contributed by atoms with Crippen molar-refractivity contribution in [2.45, 2.75) is 19.8 Å². The number of fused-ring (bicyclic) bond motifs is 1. The van der Waals surface area contributed by atoms with Crippen LogP contribution in [0.4, 0.5) is 5.69 Å². The zero-order valence-electron chi connectivity index (χ0n) is 14.4. The minimum absolute atomic E-state index is 0.692. The minimum atomic E-state index is 0.692. The molecule has 126 valence electrons. The summed E-state index contributed by atoms with van der Waals surface area (Å²) < 4.78 is 16.6. The molecule has 24 heavy (non-hydrogen) atoms. The van der Waals surface area contributed by atoms with Crippen LogP contribution in [0.2, 0.25) is 0 Å². The summed E-state index contributed by atoms with van der Waals surface area (Å²) in [4.78, 5) is 0. The highest BCUT2D eigenvalue weighted by molar-refractivity contribution is 5.86. The van der Waals surface area contributed by atoms with Crippen LogP contribution < -0.4 is 14.8 Å². The molecule has 0 atom stereocenters. The average molecular weight is 325 g/mol. The fraction of sp³-hybridized carbons (Fsp3) is 0.300. The first-order valence-corrected chi connectivity index (χ1v) is 8.25. The van der Waals surface area contributed by atoms with Crippen molar-refractivity contribution in [1.29, 1.82) is 0 Å². The molecule has 1 heterocycles. The molecular formula is C20H23NO3. The van der Waals surface area contributed by atoms with E-state index in [1.54, 1.807) is 14.2 Å². The maximum absolute atomic E-state index is 5.98. The lowest BCUT2D eigenvalue weighted by atomic mass is 10.1. The number of methoxy groups -OCH3 is 2. The Balaban J connectivity index is 1.90. The lowest BCUT2D eigenvalue weighted by Gasteiger charge is -2.08. The summed E-state index contributed by atoms with van der Waals surface area (Å²) in [7, 11) is 3.26. The van der Waals surface area contributed by atoms with Gasteiger partial charge in [0.25, 0.3) is 0 Å². The monoisotopic (exact) mass is 325 g/mol. The largest absolute Gasteiger partial charge is 0.493 e. The molecule has 0 aliphatic rings. The van der Waals surface area contributed by atoms with Crippen LogP contribution in [0.15, 0.2) is 46.9 Å². The number of anilines is 1. The molecule has 0 saturated carbocycles. The highest BCUT2D eigenvalue weighted by Gasteiger charge is 2.10. The Morgan fingerprint density at radius 3 is 2.54 bits per heavy atom. The number of unbranched alkanes of at least 4 members (excludes halogenated alkanes) is 1. The molecule has 0 aliphatic heterocycles. The van der Waals surface area contributed by atoms with Crippen LogP contribution in [0.1, 0.15) is 19.8 Å². The number of nitrogens with one attached hydrogen (secondary N) is 1. The van der Waals surface area contributed by atoms with Gasteiger partial charge in [0, 0.05) is 23.2 Å². The molecule has 0 fully saturated rings. The smallest absolute Gasteiger partial charge is 0.161 e. The van der Waals surface area contributed by atoms with Crippen molar-refractivity contribution < 1.29 is 13.9 Å². The maximum atomic E-state index is 5.98. The molecule has 0 unspecified atom stereocenters. The van der Waals surface area contributed by atoms with E-state index in [0.717, 1.165) is 34.5 Å². The van der Waals surface area contributed by atoms with E-state index in [0.29, 0.717) is 11.5 Å². The Hall–Kier alpha value is -2.62. The molecule has 0 amide bonds. The third-order valence-corrected chi connectivity index (χ3v) is 4.04. The van der Waals surface area contributed by atoms with Gasteiger partial charge in [-0.2, -0.15) is 0 Å². The van der Waals surface area contributed by atoms with Crippen molar-refractivity contribution in [3.05, 3.63) is 42.5 Å². The van der Waals surface area contributed by atoms with Crippen molar-refractivity contribution in [2.75, 3.05) is 26.1 Å². The summed E-state index contributed by atoms with van der Waals surface area (Å²) in [5.41, 5.74) is 2.96. The van der Waals surface area contributed by atoms with E-state index in [9.17, 15) is 0 Å². The molecule has 1 N–H and O–H groups in total. The summed E-state index contributed by atoms with van der Waals surface area (Å²) in [6.07, 6.45) is 2.35. The standard InChI is InChI=1S/C20H23NO3/c1-4-5-10-21-16-7-9-17-15(11-16)13-19(24-17)14-6-8-18(22-2)20(12-14)23-3/h6-9,11-13,21H,4-5,10H2,1-3H3. The van der Waals surface area contributed by atoms with Gasteiger partial charge in [0.2, 0.25) is 0 Å². The summed E-state index contributed by atoms with van der Waals surface area (Å²) in [6.45, 7) is 3.18. The van der Waals surface area contributed by atoms with Gasteiger partial charge in [0.05, 0.1) is 14.2 Å². The van der Waals surface area contributed by atoms with Crippen LogP contribution in [0.5, 0.6) is 11.5 Å². The molecule has 3 aromatic rings. The number of benzene rings is 2. The first kappa shape index (κ1) is 16.2. The predicted molar refractivity (Wildman–Crippen MR) is 98.2 cm³/mol. The molecule has 2 aromatic carbocycles. The van der Waals surface area contributed by atoms with E-state index in [2.05, 4.69) is 30.4 Å². The molecule has 1 aromatic heterocycles. The SMILES string of the molecule is CCCCNc1ccc2oc(-c3ccc(OC)c(OC)c3)cc2c1. The number of ether oxygens (including phenoxy) is 2. The van der Waals surface area contributed by atoms with E-state index in [4.69, 9.17) is 13.9 Å². The highest BCUT2D eigenvalue weighted by Crippen LogP contribution is 2.35. The number of rotatable bonds is 7. The van der Waals surface area contributed by atoms with Crippen molar-refractivity contribution in [2.24, 2.45) is 0 Å². The second-order valence-electron chi connectivity index (χ2n) is 5.71. The van der Waals surface area contributed by atoms with Crippen LogP contribution >= 0.6 is 0 Å². The van der Waals surface area contributed by atoms with Gasteiger partial charge in [0.1, 0.15) is 11.3 Å². The lowest BCUT2D eigenvalue weighted by molar-refractivity contribution is 0.355. The van der Waals surface area contributed by atoms with Gasteiger partial charge in [-0.1, -0.05) is 13.3 Å². The van der Waals surface area contributed by atoms with Crippen molar-refractivity contribution in [1.82, 2.24) is 0 Å². The predicted octanol–water partition coefficient (Wildman–Crippen LogP) is 5.33. The second-order valence-corrected chi connectivity index (χ2v) is 5.71. The van der Waals surface area contributed by atoms with Gasteiger partial charge >= 0.3 is 0 Å². The van der Waals surface area contributed by atoms with Crippen LogP contribution in [-0.2, 0) is 0 Å². The second kappa shape index (κ2) is 7.30. The van der Waals surface area contributed by atoms with Crippen LogP contribution in [0, 0.1) is 0 Å². The molecule has 4 heteroatoms. The fourth-order valence-corrected chi connectivity index (χ4v) is 2.69. The van der Waals surface area contributed by atoms with E-state index >= 15 is 0 Å². The summed E-state index contributed by atoms with van der Waals surface area (Å²) in [5.74, 6) is 2.22. The Kier molecular flexibility index (Phi) is 4.94. The first-order valence-electron chi connectivity index (χ1n) is 8.25. The van der Waals surface area contributed by atoms with Crippen LogP contribution in [0.3, 0.4) is 0 Å². The van der Waals surface area contributed by atoms with Gasteiger partial charge in [-0.05, 0) is 48.9 Å². The highest BCUT2D eigenvalue weighted by atomic mass is 16.5. The third-order valence-electron chi connectivity index (χ3n) is 4.04. The van der Waals surface area contributed by atoms with E-state index in [-0.39, 0.29) is 0 Å². The number of hydrogen-bond acceptors (Lipinski definition) is 4. The molecule has 0 aliphatic carbocycles. The lowest BCUT2D eigenvalue weighted by Crippen LogP contribution is -1.99. The molecule has 0 bridgehead atoms. The molecule has 0 spiro atoms. The van der Waals surface area contributed by atoms with Crippen LogP contribution in [-0.4, -0.2) is 20.8 Å². The van der Waals surface area contributed by atoms with E-state index in [1.807, 2.05) is 24.3 Å². The topological polar surface area (TPSA) is 43.6 Å². The maximum Gasteiger partial charge on any atom is 0.161 e. The normalized spacial score (nSPS) is 10.8. The van der Waals surface area contributed by atoms with Crippen LogP contribution in [0.25, 0.3) is 22.3 Å². The zero-order valence-corrected chi connectivity index (χ0v) is 14.4. The molecule has 3 rings (SSSR count). The third kappa shape index (κ3) is 3.32. The Morgan fingerprint density at radius 2 is 1.79 bits per heavy atom. The number of hydrogen-bond donors (Lipinski definition) is 1. The summed E-state index contributed by atoms with van der Waals surface area (Å²) >= 11 is 0. The average Bonchev–Trinajstić information content (AvgIpc) is 3.04. The zero-order chi connectivity index (χ0) is 16.9. The van der Waals surface area contributed by atoms with Gasteiger partial charge < -0.3 is 19.2 Å². The van der Waals surface area contributed by atoms with Gasteiger partial charge in [0.15, 0.2) is 11.5 Å². The molecular weight excluding hydrogens is 302 g/mol. The van der Waals surface area contributed by atoms with E-state index in [1.165, 1.54) is 12.8 Å².